The lowest BCUT2D eigenvalue weighted by Crippen LogP contribution is -2.58. The minimum atomic E-state index is -2.05. The number of phenols is 3. The van der Waals surface area contributed by atoms with Gasteiger partial charge in [0.2, 0.25) is 0 Å². The van der Waals surface area contributed by atoms with Gasteiger partial charge in [0.1, 0.15) is 23.4 Å². The molecule has 0 aromatic heterocycles. The summed E-state index contributed by atoms with van der Waals surface area (Å²) in [6.45, 7) is 15.6. The van der Waals surface area contributed by atoms with Crippen molar-refractivity contribution >= 4 is 40.3 Å². The lowest BCUT2D eigenvalue weighted by atomic mass is 9.52. The number of aliphatic hydroxyl groups excluding tert-OH is 2. The van der Waals surface area contributed by atoms with Crippen molar-refractivity contribution in [3.05, 3.63) is 52.8 Å². The van der Waals surface area contributed by atoms with E-state index in [0.717, 1.165) is 44.9 Å². The number of hydrazone groups is 1. The number of nitrogens with zero attached hydrogens (tertiary/aromatic N) is 2. The molecule has 2 aromatic rings. The second kappa shape index (κ2) is 21.9. The standard InChI is InChI=1S/C56H79N3O12/c1-11-12-13-14-15-16-21-59(56-26-37-23-38(27-56)25-39(24-37)28-56)57-29-40-45-50(65)43-42(49(40)64)44-52(35(7)48(43)63)71-55(9,53(44)66)69-22-20-41(68-10)32(4)51(70-36(8)60)34(6)47(62)33(5)46(61)30(2)18-17-19-31(3)54(67)58-45/h17-20,22,29-30,32-34,37-39,41,46-47,51,61-65H,11-16,21,23-28H2,1-10H3,(H,58,67). The summed E-state index contributed by atoms with van der Waals surface area (Å²) in [7, 11) is 1.46. The molecule has 15 heteroatoms. The van der Waals surface area contributed by atoms with E-state index in [1.54, 1.807) is 52.8 Å². The summed E-state index contributed by atoms with van der Waals surface area (Å²) in [6.07, 6.45) is 18.6. The van der Waals surface area contributed by atoms with Crippen LogP contribution < -0.4 is 10.1 Å². The van der Waals surface area contributed by atoms with E-state index in [-0.39, 0.29) is 50.0 Å². The van der Waals surface area contributed by atoms with Crippen LogP contribution in [0.2, 0.25) is 0 Å². The zero-order valence-corrected chi connectivity index (χ0v) is 43.5. The largest absolute Gasteiger partial charge is 0.507 e. The summed E-state index contributed by atoms with van der Waals surface area (Å²) in [5, 5.41) is 69.9. The minimum absolute atomic E-state index is 0.0655. The first kappa shape index (κ1) is 53.7. The number of methoxy groups -OCH3 is 1. The van der Waals surface area contributed by atoms with Crippen molar-refractivity contribution < 1.29 is 58.9 Å². The summed E-state index contributed by atoms with van der Waals surface area (Å²) in [5.74, 6) is -6.28. The highest BCUT2D eigenvalue weighted by Gasteiger charge is 2.54. The number of carbonyl (C=O) groups is 3. The van der Waals surface area contributed by atoms with Crippen LogP contribution in [0, 0.1) is 48.3 Å². The van der Waals surface area contributed by atoms with Crippen LogP contribution >= 0.6 is 0 Å². The van der Waals surface area contributed by atoms with Crippen LogP contribution in [0.5, 0.6) is 23.0 Å². The fourth-order valence-electron chi connectivity index (χ4n) is 12.8. The molecule has 1 amide bonds. The van der Waals surface area contributed by atoms with E-state index in [2.05, 4.69) is 17.2 Å². The Hall–Kier alpha value is -5.12. The monoisotopic (exact) mass is 986 g/mol. The number of phenolic OH excluding ortho intramolecular Hbond substituents is 3. The number of ketones is 1. The van der Waals surface area contributed by atoms with E-state index < -0.39 is 88.8 Å². The maximum Gasteiger partial charge on any atom is 0.312 e. The highest BCUT2D eigenvalue weighted by atomic mass is 16.7. The van der Waals surface area contributed by atoms with Crippen LogP contribution in [0.15, 0.2) is 41.2 Å². The number of anilines is 1. The molecule has 4 saturated carbocycles. The Morgan fingerprint density at radius 3 is 2.13 bits per heavy atom. The van der Waals surface area contributed by atoms with Crippen molar-refractivity contribution in [1.82, 2.24) is 5.01 Å². The van der Waals surface area contributed by atoms with Gasteiger partial charge in [-0.3, -0.25) is 19.4 Å². The molecule has 71 heavy (non-hydrogen) atoms. The molecule has 15 nitrogen and oxygen atoms in total. The lowest BCUT2D eigenvalue weighted by Gasteiger charge is -2.59. The molecule has 9 rings (SSSR count). The van der Waals surface area contributed by atoms with Gasteiger partial charge in [0, 0.05) is 67.7 Å². The van der Waals surface area contributed by atoms with Crippen LogP contribution in [0.4, 0.5) is 5.69 Å². The van der Waals surface area contributed by atoms with Gasteiger partial charge in [-0.05, 0) is 82.6 Å². The SMILES string of the molecule is CCCCCCCCN(N=Cc1c2c(O)c3c(O)c(C)c4c(c3c1O)C(=O)C(C)(OC=CC(OC)C(C)C(OC(C)=O)C(C)C(O)C(C)C(O)C(C)C=CC=C(C)C(=O)N2)O4)C12CC3CC(CC(C3)C1)C2. The number of hydrogen-bond acceptors (Lipinski definition) is 14. The third kappa shape index (κ3) is 10.7. The fraction of sp³-hybridized carbons (Fsp3) is 0.643. The number of unbranched alkanes of at least 4 members (excludes halogenated alkanes) is 5. The molecule has 7 aliphatic rings. The third-order valence-electron chi connectivity index (χ3n) is 16.6. The Kier molecular flexibility index (Phi) is 16.6. The van der Waals surface area contributed by atoms with Gasteiger partial charge in [-0.1, -0.05) is 85.0 Å². The van der Waals surface area contributed by atoms with E-state index in [1.165, 1.54) is 78.5 Å². The number of Topliss-reactive ketones (excluding diaryl/α,β-unsaturated/α-hetero) is 1. The van der Waals surface area contributed by atoms with E-state index in [1.807, 2.05) is 0 Å². The number of fused-ring (bicyclic) bond motifs is 14. The van der Waals surface area contributed by atoms with Crippen LogP contribution in [0.25, 0.3) is 10.8 Å². The smallest absolute Gasteiger partial charge is 0.312 e. The molecule has 0 radical (unpaired) electrons. The van der Waals surface area contributed by atoms with Gasteiger partial charge < -0.3 is 49.8 Å². The number of aromatic hydroxyl groups is 3. The Labute approximate surface area is 419 Å². The Morgan fingerprint density at radius 2 is 1.51 bits per heavy atom. The number of hydrogen-bond donors (Lipinski definition) is 6. The average Bonchev–Trinajstić information content (AvgIpc) is 3.59. The summed E-state index contributed by atoms with van der Waals surface area (Å²) in [5.41, 5.74) is -0.324. The molecule has 0 saturated heterocycles. The number of ether oxygens (including phenoxy) is 4. The molecule has 390 valence electrons. The van der Waals surface area contributed by atoms with Crippen molar-refractivity contribution in [2.75, 3.05) is 19.0 Å². The first-order valence-corrected chi connectivity index (χ1v) is 26.1. The van der Waals surface area contributed by atoms with Crippen LogP contribution in [-0.4, -0.2) is 104 Å². The molecule has 3 heterocycles. The summed E-state index contributed by atoms with van der Waals surface area (Å²) in [4.78, 5) is 41.5. The molecular weight excluding hydrogens is 907 g/mol. The van der Waals surface area contributed by atoms with Crippen LogP contribution in [-0.2, 0) is 23.8 Å². The number of allylic oxidation sites excluding steroid dienone is 2. The molecule has 6 N–H and O–H groups in total. The van der Waals surface area contributed by atoms with Crippen molar-refractivity contribution in [2.24, 2.45) is 46.5 Å². The number of esters is 1. The molecular formula is C56H79N3O12. The highest BCUT2D eigenvalue weighted by Crippen LogP contribution is 2.59. The first-order valence-electron chi connectivity index (χ1n) is 26.1. The van der Waals surface area contributed by atoms with Crippen molar-refractivity contribution in [1.29, 1.82) is 0 Å². The summed E-state index contributed by atoms with van der Waals surface area (Å²) in [6, 6.07) is 0. The topological polar surface area (TPSA) is 217 Å². The zero-order chi connectivity index (χ0) is 51.7. The fourth-order valence-corrected chi connectivity index (χ4v) is 12.8. The maximum atomic E-state index is 14.8. The molecule has 9 atom stereocenters. The molecule has 4 aliphatic carbocycles. The van der Waals surface area contributed by atoms with Crippen molar-refractivity contribution in [3.8, 4) is 23.0 Å². The molecule has 4 fully saturated rings. The number of rotatable bonds is 12. The van der Waals surface area contributed by atoms with Gasteiger partial charge in [0.15, 0.2) is 5.75 Å². The van der Waals surface area contributed by atoms with E-state index in [9.17, 15) is 39.9 Å². The van der Waals surface area contributed by atoms with Crippen molar-refractivity contribution in [3.63, 3.8) is 0 Å². The highest BCUT2D eigenvalue weighted by molar-refractivity contribution is 6.23. The van der Waals surface area contributed by atoms with Gasteiger partial charge in [0.05, 0.1) is 58.5 Å². The summed E-state index contributed by atoms with van der Waals surface area (Å²) >= 11 is 0. The second-order valence-corrected chi connectivity index (χ2v) is 21.9. The first-order chi connectivity index (χ1) is 33.7. The Balaban J connectivity index is 1.37. The van der Waals surface area contributed by atoms with E-state index >= 15 is 0 Å². The predicted molar refractivity (Wildman–Crippen MR) is 272 cm³/mol. The normalized spacial score (nSPS) is 33.1. The lowest BCUT2D eigenvalue weighted by molar-refractivity contribution is -0.160. The maximum absolute atomic E-state index is 14.8. The van der Waals surface area contributed by atoms with Gasteiger partial charge >= 0.3 is 11.8 Å². The molecule has 9 unspecified atom stereocenters. The minimum Gasteiger partial charge on any atom is -0.507 e. The van der Waals surface area contributed by atoms with E-state index in [4.69, 9.17) is 24.0 Å². The quantitative estimate of drug-likeness (QED) is 0.0292. The van der Waals surface area contributed by atoms with Gasteiger partial charge in [-0.2, -0.15) is 5.10 Å². The van der Waals surface area contributed by atoms with E-state index in [0.29, 0.717) is 24.3 Å². The van der Waals surface area contributed by atoms with Crippen LogP contribution in [0.1, 0.15) is 154 Å². The molecule has 3 aliphatic heterocycles. The van der Waals surface area contributed by atoms with Gasteiger partial charge in [-0.15, -0.1) is 0 Å². The molecule has 0 spiro atoms. The van der Waals surface area contributed by atoms with Crippen molar-refractivity contribution in [2.45, 2.75) is 175 Å². The number of benzene rings is 2. The third-order valence-corrected chi connectivity index (χ3v) is 16.6. The number of aliphatic hydroxyl groups is 2. The average molecular weight is 986 g/mol. The predicted octanol–water partition coefficient (Wildman–Crippen LogP) is 9.72. The second-order valence-electron chi connectivity index (χ2n) is 21.9. The molecule has 2 aromatic carbocycles. The van der Waals surface area contributed by atoms with Gasteiger partial charge in [-0.25, -0.2) is 0 Å². The van der Waals surface area contributed by atoms with Crippen LogP contribution in [0.3, 0.4) is 0 Å². The number of nitrogens with one attached hydrogen (secondary N) is 1. The van der Waals surface area contributed by atoms with Gasteiger partial charge in [0.25, 0.3) is 11.7 Å². The zero-order valence-electron chi connectivity index (χ0n) is 43.5. The Bertz CT molecular complexity index is 2410. The number of carbonyl (C=O) groups excluding carboxylic acids is 3. The molecule has 9 bridgehead atoms. The number of amides is 1. The summed E-state index contributed by atoms with van der Waals surface area (Å²) < 4.78 is 24.0. The Morgan fingerprint density at radius 1 is 0.873 bits per heavy atom.